The number of unbranched alkanes of at least 4 members (excludes halogenated alkanes) is 15. The first kappa shape index (κ1) is 42.7. The maximum atomic E-state index is 12.7. The Balaban J connectivity index is 1.75. The van der Waals surface area contributed by atoms with Gasteiger partial charge in [-0.15, -0.1) is 0 Å². The van der Waals surface area contributed by atoms with Gasteiger partial charge in [0.25, 0.3) is 0 Å². The van der Waals surface area contributed by atoms with Gasteiger partial charge in [-0.3, -0.25) is 9.13 Å². The van der Waals surface area contributed by atoms with Crippen LogP contribution in [-0.2, 0) is 25.3 Å². The number of hydrogen-bond donors (Lipinski definition) is 6. The van der Waals surface area contributed by atoms with Crippen LogP contribution in [0.1, 0.15) is 110 Å². The fourth-order valence-electron chi connectivity index (χ4n) is 5.83. The topological polar surface area (TPSA) is 204 Å². The third-order valence-electron chi connectivity index (χ3n) is 8.68. The van der Waals surface area contributed by atoms with Gasteiger partial charge in [-0.25, -0.2) is 4.79 Å². The summed E-state index contributed by atoms with van der Waals surface area (Å²) in [6.07, 6.45) is 14.0. The maximum absolute atomic E-state index is 12.7. The highest BCUT2D eigenvalue weighted by Crippen LogP contribution is 2.33. The van der Waals surface area contributed by atoms with Crippen molar-refractivity contribution in [3.05, 3.63) is 22.7 Å². The fraction of sp³-hybridized carbons (Fsp3) is 0.879. The Kier molecular flexibility index (Phi) is 21.9. The Morgan fingerprint density at radius 2 is 1.38 bits per heavy atom. The van der Waals surface area contributed by atoms with E-state index in [-0.39, 0.29) is 32.1 Å². The summed E-state index contributed by atoms with van der Waals surface area (Å²) in [4.78, 5) is 36.1. The normalized spacial score (nSPS) is 21.5. The van der Waals surface area contributed by atoms with Crippen molar-refractivity contribution in [2.24, 2.45) is 0 Å². The SMILES string of the molecule is CCCCCCCCCCCCCCCCCCOCCN(c1ccn(CCOCP(=O)(O)O)c(=O)n1)C1O[C@H](CO)[C@H](O)[C@H](O)[C@H]1O. The summed E-state index contributed by atoms with van der Waals surface area (Å²) in [5, 5.41) is 41.0. The van der Waals surface area contributed by atoms with Gasteiger partial charge in [-0.1, -0.05) is 103 Å². The van der Waals surface area contributed by atoms with Crippen LogP contribution in [0.25, 0.3) is 0 Å². The molecule has 1 aliphatic rings. The summed E-state index contributed by atoms with van der Waals surface area (Å²) in [5.41, 5.74) is -0.684. The second kappa shape index (κ2) is 24.7. The number of rotatable bonds is 28. The van der Waals surface area contributed by atoms with Gasteiger partial charge in [0.15, 0.2) is 6.23 Å². The lowest BCUT2D eigenvalue weighted by Crippen LogP contribution is -2.64. The van der Waals surface area contributed by atoms with Crippen LogP contribution in [0.5, 0.6) is 0 Å². The summed E-state index contributed by atoms with van der Waals surface area (Å²) in [5.74, 6) is 0.114. The van der Waals surface area contributed by atoms with Gasteiger partial charge in [-0.05, 0) is 12.5 Å². The molecule has 0 amide bonds. The van der Waals surface area contributed by atoms with Gasteiger partial charge in [0, 0.05) is 19.3 Å². The fourth-order valence-corrected chi connectivity index (χ4v) is 6.19. The number of aliphatic hydroxyl groups is 4. The van der Waals surface area contributed by atoms with Gasteiger partial charge >= 0.3 is 13.3 Å². The molecule has 0 saturated carbocycles. The molecule has 1 unspecified atom stereocenters. The van der Waals surface area contributed by atoms with E-state index in [2.05, 4.69) is 11.9 Å². The van der Waals surface area contributed by atoms with Gasteiger partial charge in [0.05, 0.1) is 26.4 Å². The summed E-state index contributed by atoms with van der Waals surface area (Å²) < 4.78 is 28.7. The minimum atomic E-state index is -4.33. The molecule has 280 valence electrons. The van der Waals surface area contributed by atoms with Crippen LogP contribution in [0.15, 0.2) is 17.1 Å². The molecule has 0 aliphatic carbocycles. The number of anilines is 1. The molecule has 1 aliphatic heterocycles. The number of aromatic nitrogens is 2. The van der Waals surface area contributed by atoms with Crippen LogP contribution in [0.2, 0.25) is 0 Å². The van der Waals surface area contributed by atoms with Crippen molar-refractivity contribution in [3.8, 4) is 0 Å². The third kappa shape index (κ3) is 17.0. The van der Waals surface area contributed by atoms with Crippen LogP contribution in [-0.4, -0.2) is 110 Å². The van der Waals surface area contributed by atoms with Crippen molar-refractivity contribution in [1.29, 1.82) is 0 Å². The molecule has 0 radical (unpaired) electrons. The minimum absolute atomic E-state index is 0.00538. The smallest absolute Gasteiger partial charge is 0.350 e. The lowest BCUT2D eigenvalue weighted by molar-refractivity contribution is -0.229. The molecule has 0 bridgehead atoms. The van der Waals surface area contributed by atoms with Crippen LogP contribution in [0, 0.1) is 0 Å². The van der Waals surface area contributed by atoms with Crippen molar-refractivity contribution in [3.63, 3.8) is 0 Å². The summed E-state index contributed by atoms with van der Waals surface area (Å²) in [6, 6.07) is 1.49. The molecule has 0 spiro atoms. The van der Waals surface area contributed by atoms with Crippen LogP contribution < -0.4 is 10.6 Å². The highest BCUT2D eigenvalue weighted by molar-refractivity contribution is 7.51. The Labute approximate surface area is 285 Å². The lowest BCUT2D eigenvalue weighted by atomic mass is 9.97. The Bertz CT molecular complexity index is 1070. The second-order valence-electron chi connectivity index (χ2n) is 12.8. The summed E-state index contributed by atoms with van der Waals surface area (Å²) in [6.45, 7) is 2.38. The molecule has 5 atom stereocenters. The van der Waals surface area contributed by atoms with E-state index in [4.69, 9.17) is 24.0 Å². The molecule has 0 aromatic carbocycles. The molecule has 2 rings (SSSR count). The van der Waals surface area contributed by atoms with Crippen molar-refractivity contribution in [2.45, 2.75) is 147 Å². The van der Waals surface area contributed by atoms with Crippen LogP contribution >= 0.6 is 7.60 Å². The average Bonchev–Trinajstić information content (AvgIpc) is 3.05. The zero-order chi connectivity index (χ0) is 35.2. The van der Waals surface area contributed by atoms with Crippen molar-refractivity contribution >= 4 is 13.4 Å². The lowest BCUT2D eigenvalue weighted by Gasteiger charge is -2.44. The van der Waals surface area contributed by atoms with Gasteiger partial charge in [0.1, 0.15) is 36.6 Å². The first-order valence-electron chi connectivity index (χ1n) is 17.9. The van der Waals surface area contributed by atoms with E-state index in [1.807, 2.05) is 0 Å². The van der Waals surface area contributed by atoms with Gasteiger partial charge in [0.2, 0.25) is 0 Å². The predicted octanol–water partition coefficient (Wildman–Crippen LogP) is 3.28. The van der Waals surface area contributed by atoms with E-state index < -0.39 is 56.9 Å². The Hall–Kier alpha value is -1.45. The number of aliphatic hydroxyl groups excluding tert-OH is 4. The van der Waals surface area contributed by atoms with Crippen molar-refractivity contribution in [1.82, 2.24) is 9.55 Å². The van der Waals surface area contributed by atoms with E-state index >= 15 is 0 Å². The Morgan fingerprint density at radius 3 is 1.90 bits per heavy atom. The highest BCUT2D eigenvalue weighted by Gasteiger charge is 2.46. The van der Waals surface area contributed by atoms with Crippen LogP contribution in [0.4, 0.5) is 5.82 Å². The summed E-state index contributed by atoms with van der Waals surface area (Å²) in [7, 11) is -4.33. The third-order valence-corrected chi connectivity index (χ3v) is 9.20. The van der Waals surface area contributed by atoms with E-state index in [9.17, 15) is 29.8 Å². The zero-order valence-corrected chi connectivity index (χ0v) is 29.7. The van der Waals surface area contributed by atoms with Crippen molar-refractivity contribution < 1.29 is 49.0 Å². The minimum Gasteiger partial charge on any atom is -0.394 e. The molecule has 2 heterocycles. The molecule has 6 N–H and O–H groups in total. The zero-order valence-electron chi connectivity index (χ0n) is 28.8. The maximum Gasteiger partial charge on any atom is 0.350 e. The second-order valence-corrected chi connectivity index (χ2v) is 14.4. The molecule has 1 fully saturated rings. The van der Waals surface area contributed by atoms with E-state index in [0.29, 0.717) is 6.61 Å². The molecule has 1 aromatic heterocycles. The molecule has 48 heavy (non-hydrogen) atoms. The number of nitrogens with zero attached hydrogens (tertiary/aromatic N) is 3. The van der Waals surface area contributed by atoms with E-state index in [0.717, 1.165) is 19.3 Å². The van der Waals surface area contributed by atoms with Crippen molar-refractivity contribution in [2.75, 3.05) is 44.2 Å². The highest BCUT2D eigenvalue weighted by atomic mass is 31.2. The molecule has 1 aromatic rings. The van der Waals surface area contributed by atoms with Gasteiger partial charge < -0.3 is 49.3 Å². The van der Waals surface area contributed by atoms with Crippen LogP contribution in [0.3, 0.4) is 0 Å². The molecule has 14 nitrogen and oxygen atoms in total. The number of ether oxygens (including phenoxy) is 3. The molecule has 15 heteroatoms. The van der Waals surface area contributed by atoms with Gasteiger partial charge in [-0.2, -0.15) is 4.98 Å². The largest absolute Gasteiger partial charge is 0.394 e. The summed E-state index contributed by atoms with van der Waals surface area (Å²) >= 11 is 0. The molecular formula is C33H62N3O11P. The predicted molar refractivity (Wildman–Crippen MR) is 183 cm³/mol. The quantitative estimate of drug-likeness (QED) is 0.0548. The van der Waals surface area contributed by atoms with E-state index in [1.165, 1.54) is 105 Å². The molecular weight excluding hydrogens is 645 g/mol. The first-order valence-corrected chi connectivity index (χ1v) is 19.7. The standard InChI is InChI=1S/C33H62N3O11P/c1-2-3-4-5-6-7-8-9-10-11-12-13-14-15-16-17-22-45-24-21-36(32-31(40)30(39)29(38)27(25-37)47-32)28-18-19-35(33(41)34-28)20-23-46-26-48(42,43)44/h18-19,27,29-32,37-40H,2-17,20-26H2,1H3,(H2,42,43,44)/t27-,29+,30+,31-,32?/m1/s1. The number of hydrogen-bond acceptors (Lipinski definition) is 11. The monoisotopic (exact) mass is 707 g/mol. The van der Waals surface area contributed by atoms with E-state index in [1.54, 1.807) is 0 Å². The molecule has 1 saturated heterocycles. The Morgan fingerprint density at radius 1 is 0.812 bits per heavy atom. The first-order chi connectivity index (χ1) is 23.1. The average molecular weight is 708 g/mol.